The standard InChI is InChI=1S/C19H33N3O4S/c1-15(2)14-26-18-8-6-17(7-9-18)16(3)22-19(20-4)21-10-11-25-12-13-27(5,23)24/h6-9,15-16H,10-14H2,1-5H3,(H2,20,21,22). The maximum atomic E-state index is 11.0. The van der Waals surface area contributed by atoms with E-state index >= 15 is 0 Å². The van der Waals surface area contributed by atoms with E-state index in [-0.39, 0.29) is 18.4 Å². The van der Waals surface area contributed by atoms with Gasteiger partial charge in [-0.2, -0.15) is 0 Å². The lowest BCUT2D eigenvalue weighted by Crippen LogP contribution is -2.40. The minimum Gasteiger partial charge on any atom is -0.493 e. The summed E-state index contributed by atoms with van der Waals surface area (Å²) in [6.07, 6.45) is 1.20. The van der Waals surface area contributed by atoms with Crippen molar-refractivity contribution in [2.45, 2.75) is 26.8 Å². The van der Waals surface area contributed by atoms with Crippen LogP contribution in [0.2, 0.25) is 0 Å². The Labute approximate surface area is 163 Å². The monoisotopic (exact) mass is 399 g/mol. The second-order valence-electron chi connectivity index (χ2n) is 6.88. The van der Waals surface area contributed by atoms with Crippen LogP contribution in [0.4, 0.5) is 0 Å². The molecule has 8 heteroatoms. The van der Waals surface area contributed by atoms with Gasteiger partial charge in [-0.05, 0) is 30.5 Å². The van der Waals surface area contributed by atoms with Crippen molar-refractivity contribution in [2.75, 3.05) is 45.4 Å². The third kappa shape index (κ3) is 10.8. The number of aliphatic imine (C=N–C) groups is 1. The molecule has 0 amide bonds. The van der Waals surface area contributed by atoms with Gasteiger partial charge in [-0.1, -0.05) is 26.0 Å². The Balaban J connectivity index is 2.37. The van der Waals surface area contributed by atoms with Gasteiger partial charge in [0.05, 0.1) is 31.6 Å². The van der Waals surface area contributed by atoms with Gasteiger partial charge in [0.2, 0.25) is 0 Å². The highest BCUT2D eigenvalue weighted by atomic mass is 32.2. The molecule has 1 aromatic carbocycles. The third-order valence-corrected chi connectivity index (χ3v) is 4.59. The molecule has 2 N–H and O–H groups in total. The summed E-state index contributed by atoms with van der Waals surface area (Å²) in [6, 6.07) is 8.09. The molecule has 0 aliphatic rings. The molecule has 1 rings (SSSR count). The second kappa shape index (κ2) is 11.8. The van der Waals surface area contributed by atoms with Crippen LogP contribution in [0.25, 0.3) is 0 Å². The summed E-state index contributed by atoms with van der Waals surface area (Å²) >= 11 is 0. The van der Waals surface area contributed by atoms with Gasteiger partial charge in [-0.3, -0.25) is 4.99 Å². The average Bonchev–Trinajstić information content (AvgIpc) is 2.61. The smallest absolute Gasteiger partial charge is 0.191 e. The molecule has 0 aliphatic heterocycles. The van der Waals surface area contributed by atoms with Gasteiger partial charge in [0.25, 0.3) is 0 Å². The molecule has 1 atom stereocenters. The van der Waals surface area contributed by atoms with Crippen molar-refractivity contribution < 1.29 is 17.9 Å². The molecule has 1 aromatic rings. The molecule has 0 bridgehead atoms. The van der Waals surface area contributed by atoms with Crippen molar-refractivity contribution in [1.82, 2.24) is 10.6 Å². The fraction of sp³-hybridized carbons (Fsp3) is 0.632. The van der Waals surface area contributed by atoms with E-state index in [9.17, 15) is 8.42 Å². The average molecular weight is 400 g/mol. The van der Waals surface area contributed by atoms with Gasteiger partial charge in [-0.15, -0.1) is 0 Å². The first-order valence-electron chi connectivity index (χ1n) is 9.16. The molecule has 27 heavy (non-hydrogen) atoms. The van der Waals surface area contributed by atoms with E-state index in [4.69, 9.17) is 9.47 Å². The summed E-state index contributed by atoms with van der Waals surface area (Å²) < 4.78 is 33.1. The van der Waals surface area contributed by atoms with E-state index in [1.54, 1.807) is 7.05 Å². The summed E-state index contributed by atoms with van der Waals surface area (Å²) in [5, 5.41) is 6.47. The van der Waals surface area contributed by atoms with E-state index in [0.717, 1.165) is 11.3 Å². The number of nitrogens with zero attached hydrogens (tertiary/aromatic N) is 1. The minimum absolute atomic E-state index is 0.0356. The summed E-state index contributed by atoms with van der Waals surface area (Å²) in [5.41, 5.74) is 1.12. The summed E-state index contributed by atoms with van der Waals surface area (Å²) in [6.45, 7) is 8.15. The molecule has 7 nitrogen and oxygen atoms in total. The number of ether oxygens (including phenoxy) is 2. The van der Waals surface area contributed by atoms with Crippen molar-refractivity contribution in [3.05, 3.63) is 29.8 Å². The SMILES string of the molecule is CN=C(NCCOCCS(C)(=O)=O)NC(C)c1ccc(OCC(C)C)cc1. The molecule has 0 aliphatic carbocycles. The molecule has 0 heterocycles. The maximum absolute atomic E-state index is 11.0. The van der Waals surface area contributed by atoms with E-state index < -0.39 is 9.84 Å². The van der Waals surface area contributed by atoms with Crippen LogP contribution < -0.4 is 15.4 Å². The lowest BCUT2D eigenvalue weighted by Gasteiger charge is -2.19. The maximum Gasteiger partial charge on any atom is 0.191 e. The van der Waals surface area contributed by atoms with E-state index in [1.165, 1.54) is 6.26 Å². The zero-order valence-electron chi connectivity index (χ0n) is 17.0. The van der Waals surface area contributed by atoms with Crippen LogP contribution in [0, 0.1) is 5.92 Å². The van der Waals surface area contributed by atoms with Crippen LogP contribution in [-0.2, 0) is 14.6 Å². The minimum atomic E-state index is -2.98. The third-order valence-electron chi connectivity index (χ3n) is 3.68. The molecule has 0 aromatic heterocycles. The first-order valence-corrected chi connectivity index (χ1v) is 11.2. The lowest BCUT2D eigenvalue weighted by molar-refractivity contribution is 0.154. The Hall–Kier alpha value is -1.80. The summed E-state index contributed by atoms with van der Waals surface area (Å²) in [4.78, 5) is 4.20. The summed E-state index contributed by atoms with van der Waals surface area (Å²) in [7, 11) is -1.28. The first kappa shape index (κ1) is 23.2. The fourth-order valence-electron chi connectivity index (χ4n) is 2.15. The van der Waals surface area contributed by atoms with E-state index in [2.05, 4.69) is 36.4 Å². The van der Waals surface area contributed by atoms with Crippen molar-refractivity contribution in [3.8, 4) is 5.75 Å². The Morgan fingerprint density at radius 1 is 1.15 bits per heavy atom. The van der Waals surface area contributed by atoms with Crippen molar-refractivity contribution in [3.63, 3.8) is 0 Å². The number of hydrogen-bond acceptors (Lipinski definition) is 5. The molecular formula is C19H33N3O4S. The molecule has 0 spiro atoms. The Kier molecular flexibility index (Phi) is 10.2. The molecule has 154 valence electrons. The highest BCUT2D eigenvalue weighted by molar-refractivity contribution is 7.90. The van der Waals surface area contributed by atoms with Crippen molar-refractivity contribution in [2.24, 2.45) is 10.9 Å². The number of benzene rings is 1. The molecule has 0 saturated carbocycles. The normalized spacial score (nSPS) is 13.5. The quantitative estimate of drug-likeness (QED) is 0.336. The number of rotatable bonds is 11. The van der Waals surface area contributed by atoms with Gasteiger partial charge in [0, 0.05) is 19.8 Å². The highest BCUT2D eigenvalue weighted by Gasteiger charge is 2.08. The zero-order chi connectivity index (χ0) is 20.3. The number of guanidine groups is 1. The van der Waals surface area contributed by atoms with Gasteiger partial charge in [-0.25, -0.2) is 8.42 Å². The van der Waals surface area contributed by atoms with Crippen LogP contribution in [0.15, 0.2) is 29.3 Å². The highest BCUT2D eigenvalue weighted by Crippen LogP contribution is 2.18. The van der Waals surface area contributed by atoms with Crippen LogP contribution in [0.1, 0.15) is 32.4 Å². The summed E-state index contributed by atoms with van der Waals surface area (Å²) in [5.74, 6) is 2.06. The topological polar surface area (TPSA) is 89.0 Å². The largest absolute Gasteiger partial charge is 0.493 e. The number of sulfone groups is 1. The van der Waals surface area contributed by atoms with Crippen molar-refractivity contribution in [1.29, 1.82) is 0 Å². The second-order valence-corrected chi connectivity index (χ2v) is 9.14. The molecule has 1 unspecified atom stereocenters. The Morgan fingerprint density at radius 2 is 1.81 bits per heavy atom. The fourth-order valence-corrected chi connectivity index (χ4v) is 2.57. The van der Waals surface area contributed by atoms with E-state index in [1.807, 2.05) is 24.3 Å². The Bertz CT molecular complexity index is 673. The van der Waals surface area contributed by atoms with Gasteiger partial charge < -0.3 is 20.1 Å². The van der Waals surface area contributed by atoms with Crippen LogP contribution in [0.5, 0.6) is 5.75 Å². The first-order chi connectivity index (χ1) is 12.7. The van der Waals surface area contributed by atoms with Crippen LogP contribution >= 0.6 is 0 Å². The lowest BCUT2D eigenvalue weighted by atomic mass is 10.1. The van der Waals surface area contributed by atoms with E-state index in [0.29, 0.717) is 31.6 Å². The molecule has 0 radical (unpaired) electrons. The van der Waals surface area contributed by atoms with Gasteiger partial charge >= 0.3 is 0 Å². The number of hydrogen-bond donors (Lipinski definition) is 2. The van der Waals surface area contributed by atoms with Crippen LogP contribution in [-0.4, -0.2) is 59.8 Å². The zero-order valence-corrected chi connectivity index (χ0v) is 17.8. The van der Waals surface area contributed by atoms with Crippen molar-refractivity contribution >= 4 is 15.8 Å². The molecular weight excluding hydrogens is 366 g/mol. The predicted octanol–water partition coefficient (Wildman–Crippen LogP) is 2.01. The van der Waals surface area contributed by atoms with Gasteiger partial charge in [0.1, 0.15) is 15.6 Å². The number of nitrogens with one attached hydrogen (secondary N) is 2. The van der Waals surface area contributed by atoms with Crippen LogP contribution in [0.3, 0.4) is 0 Å². The van der Waals surface area contributed by atoms with Gasteiger partial charge in [0.15, 0.2) is 5.96 Å². The molecule has 0 fully saturated rings. The Morgan fingerprint density at radius 3 is 2.37 bits per heavy atom. The predicted molar refractivity (Wildman–Crippen MR) is 110 cm³/mol. The molecule has 0 saturated heterocycles.